The summed E-state index contributed by atoms with van der Waals surface area (Å²) in [5, 5.41) is 5.22. The molecule has 0 aromatic heterocycles. The Morgan fingerprint density at radius 2 is 1.34 bits per heavy atom. The summed E-state index contributed by atoms with van der Waals surface area (Å²) in [6, 6.07) is 11.2. The lowest BCUT2D eigenvalue weighted by Crippen LogP contribution is -2.33. The molecule has 0 aliphatic carbocycles. The van der Waals surface area contributed by atoms with Crippen molar-refractivity contribution in [2.45, 2.75) is 26.1 Å². The van der Waals surface area contributed by atoms with Crippen LogP contribution in [0.25, 0.3) is 11.1 Å². The molecule has 2 atom stereocenters. The third-order valence-electron chi connectivity index (χ3n) is 5.66. The highest BCUT2D eigenvalue weighted by molar-refractivity contribution is 5.91. The first-order valence-electron chi connectivity index (χ1n) is 11.1. The van der Waals surface area contributed by atoms with Crippen LogP contribution >= 0.6 is 0 Å². The van der Waals surface area contributed by atoms with Crippen LogP contribution in [-0.4, -0.2) is 62.4 Å². The molecule has 2 aliphatic heterocycles. The summed E-state index contributed by atoms with van der Waals surface area (Å²) in [6.45, 7) is 3.66. The van der Waals surface area contributed by atoms with Crippen LogP contribution in [-0.2, 0) is 19.1 Å². The molecule has 2 heterocycles. The molecule has 2 aliphatic rings. The summed E-state index contributed by atoms with van der Waals surface area (Å²) in [5.74, 6) is -0.958. The van der Waals surface area contributed by atoms with E-state index in [2.05, 4.69) is 10.6 Å². The Balaban J connectivity index is 1.43. The maximum absolute atomic E-state index is 15.0. The number of anilines is 2. The number of hydrogen-bond acceptors (Lipinski definition) is 6. The molecule has 4 amide bonds. The molecule has 11 heteroatoms. The Bertz CT molecular complexity index is 1160. The lowest BCUT2D eigenvalue weighted by molar-refractivity contribution is -0.120. The van der Waals surface area contributed by atoms with Crippen LogP contribution in [0.15, 0.2) is 42.5 Å². The molecule has 0 spiro atoms. The first kappa shape index (κ1) is 24.0. The Hall–Kier alpha value is -4.15. The topological polar surface area (TPSA) is 117 Å². The lowest BCUT2D eigenvalue weighted by Gasteiger charge is -2.16. The fourth-order valence-corrected chi connectivity index (χ4v) is 3.92. The minimum absolute atomic E-state index is 0.184. The number of hydrogen-bond donors (Lipinski definition) is 2. The normalized spacial score (nSPS) is 19.4. The molecule has 35 heavy (non-hydrogen) atoms. The predicted octanol–water partition coefficient (Wildman–Crippen LogP) is 2.42. The molecule has 2 N–H and O–H groups in total. The van der Waals surface area contributed by atoms with Gasteiger partial charge in [0.1, 0.15) is 18.0 Å². The second-order valence-corrected chi connectivity index (χ2v) is 8.32. The first-order chi connectivity index (χ1) is 16.7. The van der Waals surface area contributed by atoms with Gasteiger partial charge in [-0.05, 0) is 35.9 Å². The standard InChI is InChI=1S/C24H25FN4O6/c1-14(30)26-10-19-12-28(23(32)34-19)17-5-3-16(4-6-17)21-8-7-18(9-22(21)25)29-13-20(35-24(29)33)11-27-15(2)31/h3-9,19-20H,10-13H2,1-2H3,(H,26,30)(H,27,31)/t19-,20-/m0/s1. The molecular formula is C24H25FN4O6. The Morgan fingerprint density at radius 3 is 1.83 bits per heavy atom. The van der Waals surface area contributed by atoms with E-state index in [4.69, 9.17) is 9.47 Å². The van der Waals surface area contributed by atoms with E-state index in [0.717, 1.165) is 0 Å². The summed E-state index contributed by atoms with van der Waals surface area (Å²) in [7, 11) is 0. The van der Waals surface area contributed by atoms with Crippen molar-refractivity contribution < 1.29 is 33.0 Å². The second-order valence-electron chi connectivity index (χ2n) is 8.32. The minimum Gasteiger partial charge on any atom is -0.442 e. The van der Waals surface area contributed by atoms with Crippen molar-refractivity contribution >= 4 is 35.4 Å². The summed E-state index contributed by atoms with van der Waals surface area (Å²) < 4.78 is 25.5. The molecule has 2 aromatic rings. The average molecular weight is 484 g/mol. The average Bonchev–Trinajstić information content (AvgIpc) is 3.38. The van der Waals surface area contributed by atoms with Crippen LogP contribution in [0.4, 0.5) is 25.4 Å². The van der Waals surface area contributed by atoms with Crippen LogP contribution < -0.4 is 20.4 Å². The maximum atomic E-state index is 15.0. The molecule has 10 nitrogen and oxygen atoms in total. The van der Waals surface area contributed by atoms with Crippen LogP contribution in [0.5, 0.6) is 0 Å². The predicted molar refractivity (Wildman–Crippen MR) is 124 cm³/mol. The number of benzene rings is 2. The Morgan fingerprint density at radius 1 is 0.857 bits per heavy atom. The zero-order chi connectivity index (χ0) is 25.1. The SMILES string of the molecule is CC(=O)NC[C@H]1CN(c2ccc(-c3ccc(N4C[C@H](CNC(C)=O)OC4=O)cc3F)cc2)C(=O)O1. The molecular weight excluding hydrogens is 459 g/mol. The number of carbonyl (C=O) groups is 4. The van der Waals surface area contributed by atoms with E-state index >= 15 is 0 Å². The van der Waals surface area contributed by atoms with Crippen molar-refractivity contribution in [3.63, 3.8) is 0 Å². The van der Waals surface area contributed by atoms with E-state index in [9.17, 15) is 23.6 Å². The molecule has 184 valence electrons. The summed E-state index contributed by atoms with van der Waals surface area (Å²) >= 11 is 0. The van der Waals surface area contributed by atoms with Gasteiger partial charge >= 0.3 is 12.2 Å². The third kappa shape index (κ3) is 5.51. The maximum Gasteiger partial charge on any atom is 0.414 e. The van der Waals surface area contributed by atoms with Crippen LogP contribution in [0.3, 0.4) is 0 Å². The van der Waals surface area contributed by atoms with Gasteiger partial charge in [0.25, 0.3) is 0 Å². The van der Waals surface area contributed by atoms with E-state index in [1.54, 1.807) is 36.4 Å². The number of nitrogens with one attached hydrogen (secondary N) is 2. The number of ether oxygens (including phenoxy) is 2. The van der Waals surface area contributed by atoms with Crippen molar-refractivity contribution in [3.05, 3.63) is 48.3 Å². The van der Waals surface area contributed by atoms with Gasteiger partial charge in [-0.1, -0.05) is 12.1 Å². The quantitative estimate of drug-likeness (QED) is 0.623. The summed E-state index contributed by atoms with van der Waals surface area (Å²) in [6.07, 6.45) is -2.09. The third-order valence-corrected chi connectivity index (χ3v) is 5.66. The summed E-state index contributed by atoms with van der Waals surface area (Å²) in [4.78, 5) is 49.3. The number of nitrogens with zero attached hydrogens (tertiary/aromatic N) is 2. The zero-order valence-electron chi connectivity index (χ0n) is 19.2. The molecule has 4 rings (SSSR count). The molecule has 0 unspecified atom stereocenters. The van der Waals surface area contributed by atoms with Crippen LogP contribution in [0.1, 0.15) is 13.8 Å². The van der Waals surface area contributed by atoms with Gasteiger partial charge in [-0.15, -0.1) is 0 Å². The second kappa shape index (κ2) is 10.00. The van der Waals surface area contributed by atoms with Crippen molar-refractivity contribution in [2.75, 3.05) is 36.0 Å². The fourth-order valence-electron chi connectivity index (χ4n) is 3.92. The van der Waals surface area contributed by atoms with Crippen LogP contribution in [0, 0.1) is 5.82 Å². The van der Waals surface area contributed by atoms with Gasteiger partial charge in [-0.3, -0.25) is 19.4 Å². The molecule has 0 radical (unpaired) electrons. The van der Waals surface area contributed by atoms with E-state index in [0.29, 0.717) is 22.5 Å². The Labute approximate surface area is 201 Å². The number of halogens is 1. The van der Waals surface area contributed by atoms with Crippen molar-refractivity contribution in [1.82, 2.24) is 10.6 Å². The first-order valence-corrected chi connectivity index (χ1v) is 11.1. The largest absolute Gasteiger partial charge is 0.442 e. The molecule has 0 bridgehead atoms. The van der Waals surface area contributed by atoms with E-state index in [-0.39, 0.29) is 38.0 Å². The number of rotatable bonds is 7. The van der Waals surface area contributed by atoms with Gasteiger partial charge in [-0.2, -0.15) is 0 Å². The smallest absolute Gasteiger partial charge is 0.414 e. The summed E-state index contributed by atoms with van der Waals surface area (Å²) in [5.41, 5.74) is 1.86. The van der Waals surface area contributed by atoms with E-state index < -0.39 is 30.2 Å². The monoisotopic (exact) mass is 484 g/mol. The Kier molecular flexibility index (Phi) is 6.85. The van der Waals surface area contributed by atoms with Gasteiger partial charge in [-0.25, -0.2) is 14.0 Å². The van der Waals surface area contributed by atoms with Gasteiger partial charge in [0, 0.05) is 25.1 Å². The number of cyclic esters (lactones) is 2. The van der Waals surface area contributed by atoms with Gasteiger partial charge in [0.2, 0.25) is 11.8 Å². The lowest BCUT2D eigenvalue weighted by atomic mass is 10.0. The van der Waals surface area contributed by atoms with Crippen LogP contribution in [0.2, 0.25) is 0 Å². The van der Waals surface area contributed by atoms with Gasteiger partial charge in [0.05, 0.1) is 31.9 Å². The van der Waals surface area contributed by atoms with Gasteiger partial charge in [0.15, 0.2) is 0 Å². The highest BCUT2D eigenvalue weighted by Crippen LogP contribution is 2.31. The zero-order valence-corrected chi connectivity index (χ0v) is 19.2. The molecule has 2 saturated heterocycles. The molecule has 2 aromatic carbocycles. The van der Waals surface area contributed by atoms with Crippen molar-refractivity contribution in [3.8, 4) is 11.1 Å². The van der Waals surface area contributed by atoms with Crippen molar-refractivity contribution in [1.29, 1.82) is 0 Å². The van der Waals surface area contributed by atoms with Gasteiger partial charge < -0.3 is 20.1 Å². The molecule has 0 saturated carbocycles. The number of carbonyl (C=O) groups excluding carboxylic acids is 4. The van der Waals surface area contributed by atoms with E-state index in [1.165, 1.54) is 29.7 Å². The highest BCUT2D eigenvalue weighted by atomic mass is 19.1. The minimum atomic E-state index is -0.605. The van der Waals surface area contributed by atoms with Crippen molar-refractivity contribution in [2.24, 2.45) is 0 Å². The fraction of sp³-hybridized carbons (Fsp3) is 0.333. The van der Waals surface area contributed by atoms with E-state index in [1.807, 2.05) is 0 Å². The highest BCUT2D eigenvalue weighted by Gasteiger charge is 2.33. The number of amides is 4. The molecule has 2 fully saturated rings.